The summed E-state index contributed by atoms with van der Waals surface area (Å²) in [6, 6.07) is 0. The Kier molecular flexibility index (Phi) is 6.76. The van der Waals surface area contributed by atoms with Gasteiger partial charge in [-0.1, -0.05) is 26.7 Å². The van der Waals surface area contributed by atoms with E-state index in [9.17, 15) is 9.59 Å². The summed E-state index contributed by atoms with van der Waals surface area (Å²) < 4.78 is 0. The van der Waals surface area contributed by atoms with E-state index in [1.165, 1.54) is 0 Å². The van der Waals surface area contributed by atoms with Gasteiger partial charge in [0.05, 0.1) is 6.54 Å². The maximum absolute atomic E-state index is 11.9. The van der Waals surface area contributed by atoms with E-state index in [2.05, 4.69) is 12.2 Å². The fraction of sp³-hybridized carbons (Fsp3) is 0.857. The summed E-state index contributed by atoms with van der Waals surface area (Å²) in [6.07, 6.45) is 6.14. The molecule has 0 radical (unpaired) electrons. The molecule has 2 amide bonds. The molecule has 0 spiro atoms. The molecule has 4 heteroatoms. The average Bonchev–Trinajstić information content (AvgIpc) is 2.90. The van der Waals surface area contributed by atoms with Gasteiger partial charge in [0.2, 0.25) is 11.8 Å². The van der Waals surface area contributed by atoms with Crippen LogP contribution in [0.2, 0.25) is 0 Å². The number of carbonyl (C=O) groups is 2. The lowest BCUT2D eigenvalue weighted by Gasteiger charge is -2.18. The summed E-state index contributed by atoms with van der Waals surface area (Å²) in [6.45, 7) is 6.02. The van der Waals surface area contributed by atoms with Crippen molar-refractivity contribution >= 4 is 11.8 Å². The number of unbranched alkanes of at least 4 members (excludes halogenated alkanes) is 1. The molecule has 0 aromatic rings. The lowest BCUT2D eigenvalue weighted by Crippen LogP contribution is -2.40. The SMILES string of the molecule is CCCCC(CC)C(=O)NCC(=O)N1CCCC1. The van der Waals surface area contributed by atoms with Crippen molar-refractivity contribution < 1.29 is 9.59 Å². The molecule has 4 nitrogen and oxygen atoms in total. The van der Waals surface area contributed by atoms with Crippen molar-refractivity contribution in [1.82, 2.24) is 10.2 Å². The predicted octanol–water partition coefficient (Wildman–Crippen LogP) is 1.94. The second kappa shape index (κ2) is 8.11. The summed E-state index contributed by atoms with van der Waals surface area (Å²) in [4.78, 5) is 25.5. The van der Waals surface area contributed by atoms with Crippen molar-refractivity contribution in [3.63, 3.8) is 0 Å². The van der Waals surface area contributed by atoms with Crippen LogP contribution in [0, 0.1) is 5.92 Å². The summed E-state index contributed by atoms with van der Waals surface area (Å²) in [5.74, 6) is 0.168. The van der Waals surface area contributed by atoms with Crippen molar-refractivity contribution in [2.75, 3.05) is 19.6 Å². The molecular weight excluding hydrogens is 228 g/mol. The van der Waals surface area contributed by atoms with E-state index in [-0.39, 0.29) is 24.3 Å². The van der Waals surface area contributed by atoms with Crippen LogP contribution in [0.5, 0.6) is 0 Å². The number of hydrogen-bond acceptors (Lipinski definition) is 2. The highest BCUT2D eigenvalue weighted by Gasteiger charge is 2.20. The molecule has 0 aromatic carbocycles. The third-order valence-electron chi connectivity index (χ3n) is 3.64. The second-order valence-electron chi connectivity index (χ2n) is 5.05. The normalized spacial score (nSPS) is 16.7. The molecule has 0 aromatic heterocycles. The van der Waals surface area contributed by atoms with Crippen LogP contribution >= 0.6 is 0 Å². The highest BCUT2D eigenvalue weighted by Crippen LogP contribution is 2.12. The zero-order chi connectivity index (χ0) is 13.4. The maximum atomic E-state index is 11.9. The van der Waals surface area contributed by atoms with Crippen LogP contribution in [0.15, 0.2) is 0 Å². The Hall–Kier alpha value is -1.06. The van der Waals surface area contributed by atoms with E-state index in [1.54, 1.807) is 0 Å². The van der Waals surface area contributed by atoms with Gasteiger partial charge >= 0.3 is 0 Å². The molecule has 1 N–H and O–H groups in total. The third-order valence-corrected chi connectivity index (χ3v) is 3.64. The minimum absolute atomic E-state index is 0.0403. The molecule has 0 bridgehead atoms. The van der Waals surface area contributed by atoms with Crippen LogP contribution in [-0.4, -0.2) is 36.3 Å². The predicted molar refractivity (Wildman–Crippen MR) is 72.1 cm³/mol. The van der Waals surface area contributed by atoms with Gasteiger partial charge in [-0.15, -0.1) is 0 Å². The molecule has 1 fully saturated rings. The van der Waals surface area contributed by atoms with Crippen molar-refractivity contribution in [3.05, 3.63) is 0 Å². The van der Waals surface area contributed by atoms with Gasteiger partial charge in [0.25, 0.3) is 0 Å². The van der Waals surface area contributed by atoms with Crippen molar-refractivity contribution in [1.29, 1.82) is 0 Å². The highest BCUT2D eigenvalue weighted by molar-refractivity contribution is 5.85. The Morgan fingerprint density at radius 3 is 2.44 bits per heavy atom. The Morgan fingerprint density at radius 2 is 1.89 bits per heavy atom. The van der Waals surface area contributed by atoms with Crippen molar-refractivity contribution in [2.24, 2.45) is 5.92 Å². The van der Waals surface area contributed by atoms with Crippen molar-refractivity contribution in [2.45, 2.75) is 52.4 Å². The Morgan fingerprint density at radius 1 is 1.22 bits per heavy atom. The smallest absolute Gasteiger partial charge is 0.241 e. The topological polar surface area (TPSA) is 49.4 Å². The quantitative estimate of drug-likeness (QED) is 0.755. The molecule has 1 heterocycles. The van der Waals surface area contributed by atoms with Crippen LogP contribution in [0.3, 0.4) is 0 Å². The summed E-state index contributed by atoms with van der Waals surface area (Å²) in [5.41, 5.74) is 0. The van der Waals surface area contributed by atoms with Crippen LogP contribution in [-0.2, 0) is 9.59 Å². The van der Waals surface area contributed by atoms with Gasteiger partial charge in [0, 0.05) is 19.0 Å². The molecule has 0 aliphatic carbocycles. The molecule has 18 heavy (non-hydrogen) atoms. The molecular formula is C14H26N2O2. The van der Waals surface area contributed by atoms with E-state index >= 15 is 0 Å². The first-order valence-corrected chi connectivity index (χ1v) is 7.24. The van der Waals surface area contributed by atoms with E-state index in [0.717, 1.165) is 51.6 Å². The molecule has 104 valence electrons. The van der Waals surface area contributed by atoms with Gasteiger partial charge < -0.3 is 10.2 Å². The first-order valence-electron chi connectivity index (χ1n) is 7.24. The highest BCUT2D eigenvalue weighted by atomic mass is 16.2. The first-order chi connectivity index (χ1) is 8.69. The number of likely N-dealkylation sites (tertiary alicyclic amines) is 1. The Balaban J connectivity index is 2.27. The van der Waals surface area contributed by atoms with Gasteiger partial charge in [-0.3, -0.25) is 9.59 Å². The van der Waals surface area contributed by atoms with E-state index in [4.69, 9.17) is 0 Å². The number of nitrogens with one attached hydrogen (secondary N) is 1. The first kappa shape index (κ1) is 15.0. The Bertz CT molecular complexity index is 273. The standard InChI is InChI=1S/C14H26N2O2/c1-3-5-8-12(4-2)14(18)15-11-13(17)16-9-6-7-10-16/h12H,3-11H2,1-2H3,(H,15,18). The van der Waals surface area contributed by atoms with Crippen LogP contribution in [0.1, 0.15) is 52.4 Å². The molecule has 1 aliphatic heterocycles. The lowest BCUT2D eigenvalue weighted by molar-refractivity contribution is -0.133. The van der Waals surface area contributed by atoms with Crippen LogP contribution in [0.25, 0.3) is 0 Å². The molecule has 1 saturated heterocycles. The second-order valence-corrected chi connectivity index (χ2v) is 5.05. The summed E-state index contributed by atoms with van der Waals surface area (Å²) >= 11 is 0. The van der Waals surface area contributed by atoms with Crippen LogP contribution < -0.4 is 5.32 Å². The minimum atomic E-state index is 0.0403. The molecule has 1 unspecified atom stereocenters. The monoisotopic (exact) mass is 254 g/mol. The summed E-state index contributed by atoms with van der Waals surface area (Å²) in [7, 11) is 0. The summed E-state index contributed by atoms with van der Waals surface area (Å²) in [5, 5.41) is 2.79. The number of amides is 2. The maximum Gasteiger partial charge on any atom is 0.241 e. The Labute approximate surface area is 110 Å². The van der Waals surface area contributed by atoms with Gasteiger partial charge in [0.1, 0.15) is 0 Å². The molecule has 1 aliphatic rings. The van der Waals surface area contributed by atoms with E-state index < -0.39 is 0 Å². The number of rotatable bonds is 7. The minimum Gasteiger partial charge on any atom is -0.347 e. The zero-order valence-corrected chi connectivity index (χ0v) is 11.7. The molecule has 1 atom stereocenters. The van der Waals surface area contributed by atoms with Crippen molar-refractivity contribution in [3.8, 4) is 0 Å². The van der Waals surface area contributed by atoms with E-state index in [0.29, 0.717) is 0 Å². The molecule has 1 rings (SSSR count). The fourth-order valence-electron chi connectivity index (χ4n) is 2.36. The van der Waals surface area contributed by atoms with Gasteiger partial charge in [0.15, 0.2) is 0 Å². The van der Waals surface area contributed by atoms with Gasteiger partial charge in [-0.25, -0.2) is 0 Å². The van der Waals surface area contributed by atoms with E-state index in [1.807, 2.05) is 11.8 Å². The number of nitrogens with zero attached hydrogens (tertiary/aromatic N) is 1. The largest absolute Gasteiger partial charge is 0.347 e. The third kappa shape index (κ3) is 4.67. The number of hydrogen-bond donors (Lipinski definition) is 1. The van der Waals surface area contributed by atoms with Gasteiger partial charge in [-0.2, -0.15) is 0 Å². The number of carbonyl (C=O) groups excluding carboxylic acids is 2. The zero-order valence-electron chi connectivity index (χ0n) is 11.7. The lowest BCUT2D eigenvalue weighted by atomic mass is 9.98. The van der Waals surface area contributed by atoms with Gasteiger partial charge in [-0.05, 0) is 25.7 Å². The average molecular weight is 254 g/mol. The molecule has 0 saturated carbocycles. The van der Waals surface area contributed by atoms with Crippen LogP contribution in [0.4, 0.5) is 0 Å². The fourth-order valence-corrected chi connectivity index (χ4v) is 2.36.